The third kappa shape index (κ3) is 1.64. The maximum absolute atomic E-state index is 5.48. The Kier molecular flexibility index (Phi) is 2.37. The Morgan fingerprint density at radius 3 is 2.28 bits per heavy atom. The van der Waals surface area contributed by atoms with E-state index >= 15 is 0 Å². The largest absolute Gasteiger partial charge is 0.407 e. The predicted molar refractivity (Wildman–Crippen MR) is 66.3 cm³/mol. The molecule has 0 atom stereocenters. The molecule has 3 N–H and O–H groups in total. The average molecular weight is 248 g/mol. The molecule has 5 nitrogen and oxygen atoms in total. The van der Waals surface area contributed by atoms with Crippen LogP contribution in [0.25, 0.3) is 0 Å². The van der Waals surface area contributed by atoms with Crippen LogP contribution in [-0.4, -0.2) is 10.2 Å². The van der Waals surface area contributed by atoms with Crippen molar-refractivity contribution in [3.63, 3.8) is 0 Å². The molecule has 18 heavy (non-hydrogen) atoms. The Labute approximate surface area is 106 Å². The molecule has 1 aromatic heterocycles. The van der Waals surface area contributed by atoms with E-state index in [1.54, 1.807) is 0 Å². The molecule has 4 bridgehead atoms. The number of rotatable bonds is 3. The van der Waals surface area contributed by atoms with Crippen LogP contribution in [0.3, 0.4) is 0 Å². The lowest BCUT2D eigenvalue weighted by Crippen LogP contribution is -2.45. The number of hydrogen-bond donors (Lipinski definition) is 2. The first-order valence-corrected chi connectivity index (χ1v) is 7.11. The van der Waals surface area contributed by atoms with Crippen molar-refractivity contribution >= 4 is 6.01 Å². The Morgan fingerprint density at radius 1 is 1.06 bits per heavy atom. The van der Waals surface area contributed by atoms with Crippen LogP contribution >= 0.6 is 0 Å². The summed E-state index contributed by atoms with van der Waals surface area (Å²) >= 11 is 0. The van der Waals surface area contributed by atoms with Crippen molar-refractivity contribution in [2.75, 3.05) is 5.43 Å². The molecule has 4 aliphatic carbocycles. The number of nitrogen functional groups attached to an aromatic ring is 1. The van der Waals surface area contributed by atoms with Crippen LogP contribution < -0.4 is 11.3 Å². The minimum Gasteiger partial charge on any atom is -0.407 e. The van der Waals surface area contributed by atoms with Gasteiger partial charge < -0.3 is 4.42 Å². The van der Waals surface area contributed by atoms with Crippen molar-refractivity contribution in [2.24, 2.45) is 35.4 Å². The Hall–Kier alpha value is -1.10. The second-order valence-electron chi connectivity index (χ2n) is 6.44. The molecular formula is C13H20N4O. The molecule has 0 saturated heterocycles. The summed E-state index contributed by atoms with van der Waals surface area (Å²) < 4.78 is 5.48. The van der Waals surface area contributed by atoms with Gasteiger partial charge in [-0.1, -0.05) is 5.10 Å². The van der Waals surface area contributed by atoms with Gasteiger partial charge in [0.15, 0.2) is 0 Å². The lowest BCUT2D eigenvalue weighted by Gasteiger charge is -2.54. The first-order chi connectivity index (χ1) is 8.81. The van der Waals surface area contributed by atoms with Crippen molar-refractivity contribution in [1.29, 1.82) is 0 Å². The molecule has 0 amide bonds. The summed E-state index contributed by atoms with van der Waals surface area (Å²) in [6.07, 6.45) is 8.20. The summed E-state index contributed by atoms with van der Waals surface area (Å²) in [6, 6.07) is 0.328. The number of anilines is 1. The molecule has 5 rings (SSSR count). The summed E-state index contributed by atoms with van der Waals surface area (Å²) in [4.78, 5) is 0. The van der Waals surface area contributed by atoms with Gasteiger partial charge in [0.05, 0.1) is 0 Å². The lowest BCUT2D eigenvalue weighted by molar-refractivity contribution is -0.0381. The molecule has 0 aliphatic heterocycles. The van der Waals surface area contributed by atoms with Gasteiger partial charge in [-0.05, 0) is 61.7 Å². The highest BCUT2D eigenvalue weighted by Crippen LogP contribution is 2.57. The number of aromatic nitrogens is 2. The van der Waals surface area contributed by atoms with Gasteiger partial charge in [0, 0.05) is 6.42 Å². The summed E-state index contributed by atoms with van der Waals surface area (Å²) in [5, 5.41) is 7.94. The van der Waals surface area contributed by atoms with Crippen LogP contribution in [0.2, 0.25) is 0 Å². The van der Waals surface area contributed by atoms with Crippen molar-refractivity contribution in [2.45, 2.75) is 38.5 Å². The van der Waals surface area contributed by atoms with E-state index in [0.717, 1.165) is 41.9 Å². The van der Waals surface area contributed by atoms with E-state index in [4.69, 9.17) is 10.3 Å². The van der Waals surface area contributed by atoms with Gasteiger partial charge in [0.2, 0.25) is 5.89 Å². The standard InChI is InChI=1S/C13H20N4O/c14-15-13-17-16-12(18-13)6-11-9-2-7-1-8(4-9)5-10(11)3-7/h7-11H,1-6,14H2,(H,15,17). The molecular weight excluding hydrogens is 228 g/mol. The third-order valence-electron chi connectivity index (χ3n) is 5.42. The fourth-order valence-corrected chi connectivity index (χ4v) is 4.97. The summed E-state index contributed by atoms with van der Waals surface area (Å²) in [5.74, 6) is 10.6. The van der Waals surface area contributed by atoms with E-state index in [9.17, 15) is 0 Å². The van der Waals surface area contributed by atoms with Crippen molar-refractivity contribution in [3.05, 3.63) is 5.89 Å². The number of nitrogens with one attached hydrogen (secondary N) is 1. The smallest absolute Gasteiger partial charge is 0.330 e. The second kappa shape index (κ2) is 3.95. The van der Waals surface area contributed by atoms with E-state index in [1.165, 1.54) is 32.1 Å². The summed E-state index contributed by atoms with van der Waals surface area (Å²) in [7, 11) is 0. The van der Waals surface area contributed by atoms with Gasteiger partial charge in [-0.2, -0.15) is 0 Å². The van der Waals surface area contributed by atoms with Crippen LogP contribution in [0.4, 0.5) is 6.01 Å². The first-order valence-electron chi connectivity index (χ1n) is 7.11. The zero-order chi connectivity index (χ0) is 12.1. The topological polar surface area (TPSA) is 77.0 Å². The summed E-state index contributed by atoms with van der Waals surface area (Å²) in [5.41, 5.74) is 2.41. The van der Waals surface area contributed by atoms with Gasteiger partial charge in [0.1, 0.15) is 0 Å². The van der Waals surface area contributed by atoms with Gasteiger partial charge in [0.25, 0.3) is 0 Å². The van der Waals surface area contributed by atoms with Gasteiger partial charge in [-0.3, -0.25) is 5.43 Å². The highest BCUT2D eigenvalue weighted by molar-refractivity contribution is 5.13. The van der Waals surface area contributed by atoms with Crippen molar-refractivity contribution < 1.29 is 4.42 Å². The van der Waals surface area contributed by atoms with Crippen LogP contribution in [0.1, 0.15) is 38.0 Å². The molecule has 0 unspecified atom stereocenters. The van der Waals surface area contributed by atoms with E-state index in [0.29, 0.717) is 6.01 Å². The minimum absolute atomic E-state index is 0.328. The quantitative estimate of drug-likeness (QED) is 0.631. The fraction of sp³-hybridized carbons (Fsp3) is 0.846. The second-order valence-corrected chi connectivity index (χ2v) is 6.44. The molecule has 5 heteroatoms. The molecule has 0 spiro atoms. The van der Waals surface area contributed by atoms with Crippen molar-refractivity contribution in [1.82, 2.24) is 10.2 Å². The Balaban J connectivity index is 1.51. The van der Waals surface area contributed by atoms with Crippen molar-refractivity contribution in [3.8, 4) is 0 Å². The molecule has 1 heterocycles. The molecule has 1 aromatic rings. The third-order valence-corrected chi connectivity index (χ3v) is 5.42. The van der Waals surface area contributed by atoms with Crippen LogP contribution in [0.5, 0.6) is 0 Å². The minimum atomic E-state index is 0.328. The van der Waals surface area contributed by atoms with Gasteiger partial charge >= 0.3 is 6.01 Å². The molecule has 0 aromatic carbocycles. The summed E-state index contributed by atoms with van der Waals surface area (Å²) in [6.45, 7) is 0. The highest BCUT2D eigenvalue weighted by atomic mass is 16.4. The maximum atomic E-state index is 5.48. The normalized spacial score (nSPS) is 41.3. The maximum Gasteiger partial charge on any atom is 0.330 e. The van der Waals surface area contributed by atoms with Gasteiger partial charge in [-0.15, -0.1) is 5.10 Å². The average Bonchev–Trinajstić information content (AvgIpc) is 2.80. The highest BCUT2D eigenvalue weighted by Gasteiger charge is 2.48. The van der Waals surface area contributed by atoms with Crippen LogP contribution in [0, 0.1) is 29.6 Å². The van der Waals surface area contributed by atoms with Crippen LogP contribution in [0.15, 0.2) is 4.42 Å². The molecule has 4 fully saturated rings. The number of nitrogens with two attached hydrogens (primary N) is 1. The molecule has 4 saturated carbocycles. The predicted octanol–water partition coefficient (Wildman–Crippen LogP) is 1.97. The molecule has 98 valence electrons. The van der Waals surface area contributed by atoms with E-state index in [1.807, 2.05) is 0 Å². The Morgan fingerprint density at radius 2 is 1.72 bits per heavy atom. The SMILES string of the molecule is NNc1nnc(CC2C3CC4CC(C3)CC2C4)o1. The Bertz CT molecular complexity index is 416. The number of nitrogens with zero attached hydrogens (tertiary/aromatic N) is 2. The fourth-order valence-electron chi connectivity index (χ4n) is 4.97. The van der Waals surface area contributed by atoms with E-state index < -0.39 is 0 Å². The molecule has 4 aliphatic rings. The monoisotopic (exact) mass is 248 g/mol. The zero-order valence-corrected chi connectivity index (χ0v) is 10.5. The molecule has 0 radical (unpaired) electrons. The van der Waals surface area contributed by atoms with E-state index in [2.05, 4.69) is 15.6 Å². The first kappa shape index (κ1) is 10.8. The van der Waals surface area contributed by atoms with E-state index in [-0.39, 0.29) is 0 Å². The lowest BCUT2D eigenvalue weighted by atomic mass is 9.51. The van der Waals surface area contributed by atoms with Crippen LogP contribution in [-0.2, 0) is 6.42 Å². The number of hydrazine groups is 1. The number of hydrogen-bond acceptors (Lipinski definition) is 5. The van der Waals surface area contributed by atoms with Gasteiger partial charge in [-0.25, -0.2) is 5.84 Å². The zero-order valence-electron chi connectivity index (χ0n) is 10.5.